The Morgan fingerprint density at radius 1 is 1.31 bits per heavy atom. The summed E-state index contributed by atoms with van der Waals surface area (Å²) >= 11 is 0. The van der Waals surface area contributed by atoms with E-state index in [0.29, 0.717) is 18.5 Å². The number of likely N-dealkylation sites (tertiary alicyclic amines) is 1. The molecule has 8 heteroatoms. The summed E-state index contributed by atoms with van der Waals surface area (Å²) in [5.74, 6) is -0.683. The number of halogens is 4. The van der Waals surface area contributed by atoms with E-state index in [0.717, 1.165) is 31.8 Å². The molecule has 1 fully saturated rings. The Hall–Kier alpha value is -1.83. The third kappa shape index (κ3) is 5.86. The molecular formula is C18H25F4N3O. The van der Waals surface area contributed by atoms with Gasteiger partial charge in [-0.3, -0.25) is 0 Å². The van der Waals surface area contributed by atoms with Crippen LogP contribution in [-0.4, -0.2) is 49.1 Å². The zero-order valence-electron chi connectivity index (χ0n) is 15.1. The molecule has 146 valence electrons. The van der Waals surface area contributed by atoms with Crippen molar-refractivity contribution in [3.8, 4) is 0 Å². The summed E-state index contributed by atoms with van der Waals surface area (Å²) in [6.07, 6.45) is -2.17. The summed E-state index contributed by atoms with van der Waals surface area (Å²) in [6.45, 7) is 5.56. The van der Waals surface area contributed by atoms with Crippen LogP contribution in [0, 0.1) is 11.7 Å². The molecule has 2 amide bonds. The fourth-order valence-corrected chi connectivity index (χ4v) is 3.19. The van der Waals surface area contributed by atoms with E-state index in [1.807, 2.05) is 0 Å². The van der Waals surface area contributed by atoms with Gasteiger partial charge in [-0.2, -0.15) is 13.2 Å². The van der Waals surface area contributed by atoms with Crippen molar-refractivity contribution < 1.29 is 22.4 Å². The number of alkyl halides is 3. The number of benzene rings is 1. The molecule has 4 nitrogen and oxygen atoms in total. The van der Waals surface area contributed by atoms with Gasteiger partial charge in [-0.1, -0.05) is 13.0 Å². The lowest BCUT2D eigenvalue weighted by atomic mass is 10.1. The van der Waals surface area contributed by atoms with Crippen LogP contribution in [0.15, 0.2) is 18.2 Å². The lowest BCUT2D eigenvalue weighted by Crippen LogP contribution is -2.41. The van der Waals surface area contributed by atoms with Crippen LogP contribution in [0.5, 0.6) is 0 Å². The molecule has 1 aromatic rings. The highest BCUT2D eigenvalue weighted by Gasteiger charge is 2.31. The van der Waals surface area contributed by atoms with Crippen molar-refractivity contribution in [3.63, 3.8) is 0 Å². The Balaban J connectivity index is 1.81. The van der Waals surface area contributed by atoms with Crippen LogP contribution in [-0.2, 0) is 12.7 Å². The van der Waals surface area contributed by atoms with E-state index in [2.05, 4.69) is 17.1 Å². The van der Waals surface area contributed by atoms with Crippen molar-refractivity contribution in [3.05, 3.63) is 35.1 Å². The van der Waals surface area contributed by atoms with Gasteiger partial charge in [0.1, 0.15) is 5.82 Å². The molecule has 0 saturated carbocycles. The third-order valence-electron chi connectivity index (χ3n) is 4.51. The van der Waals surface area contributed by atoms with Crippen LogP contribution >= 0.6 is 0 Å². The largest absolute Gasteiger partial charge is 0.416 e. The van der Waals surface area contributed by atoms with Crippen molar-refractivity contribution in [2.75, 3.05) is 33.2 Å². The highest BCUT2D eigenvalue weighted by atomic mass is 19.4. The maximum atomic E-state index is 13.8. The summed E-state index contributed by atoms with van der Waals surface area (Å²) in [7, 11) is 1.65. The molecule has 0 bridgehead atoms. The van der Waals surface area contributed by atoms with Crippen molar-refractivity contribution in [1.82, 2.24) is 15.1 Å². The quantitative estimate of drug-likeness (QED) is 0.770. The highest BCUT2D eigenvalue weighted by molar-refractivity contribution is 5.73. The molecule has 1 saturated heterocycles. The van der Waals surface area contributed by atoms with Crippen molar-refractivity contribution in [2.24, 2.45) is 5.92 Å². The zero-order chi connectivity index (χ0) is 19.3. The second-order valence-electron chi connectivity index (χ2n) is 6.96. The fourth-order valence-electron chi connectivity index (χ4n) is 3.19. The minimum atomic E-state index is -4.59. The van der Waals surface area contributed by atoms with E-state index >= 15 is 0 Å². The number of amides is 2. The highest BCUT2D eigenvalue weighted by Crippen LogP contribution is 2.30. The monoisotopic (exact) mass is 375 g/mol. The van der Waals surface area contributed by atoms with Gasteiger partial charge >= 0.3 is 12.2 Å². The average Bonchev–Trinajstić information content (AvgIpc) is 3.05. The molecule has 0 spiro atoms. The number of carbonyl (C=O) groups excluding carboxylic acids is 1. The maximum Gasteiger partial charge on any atom is 0.416 e. The van der Waals surface area contributed by atoms with Crippen LogP contribution in [0.1, 0.15) is 30.9 Å². The second kappa shape index (κ2) is 8.70. The van der Waals surface area contributed by atoms with Gasteiger partial charge < -0.3 is 15.1 Å². The Bertz CT molecular complexity index is 615. The van der Waals surface area contributed by atoms with Crippen LogP contribution in [0.3, 0.4) is 0 Å². The molecule has 1 heterocycles. The smallest absolute Gasteiger partial charge is 0.334 e. The molecule has 1 aliphatic heterocycles. The number of hydrogen-bond donors (Lipinski definition) is 1. The maximum absolute atomic E-state index is 13.8. The standard InChI is InChI=1S/C18H25F4N3O/c1-13(12-25-7-3-4-8-25)11-24(2)17(26)23-10-14-5-6-15(9-16(14)19)18(20,21)22/h5-6,9,13H,3-4,7-8,10-12H2,1-2H3,(H,23,26)/t13-/m0/s1. The number of urea groups is 1. The first-order valence-corrected chi connectivity index (χ1v) is 8.73. The Labute approximate surface area is 151 Å². The van der Waals surface area contributed by atoms with Gasteiger partial charge in [0.15, 0.2) is 0 Å². The first kappa shape index (κ1) is 20.5. The number of hydrogen-bond acceptors (Lipinski definition) is 2. The van der Waals surface area contributed by atoms with E-state index in [4.69, 9.17) is 0 Å². The topological polar surface area (TPSA) is 35.6 Å². The lowest BCUT2D eigenvalue weighted by molar-refractivity contribution is -0.137. The predicted octanol–water partition coefficient (Wildman–Crippen LogP) is 3.72. The third-order valence-corrected chi connectivity index (χ3v) is 4.51. The van der Waals surface area contributed by atoms with E-state index in [-0.39, 0.29) is 18.1 Å². The van der Waals surface area contributed by atoms with E-state index in [9.17, 15) is 22.4 Å². The van der Waals surface area contributed by atoms with Gasteiger partial charge in [0.05, 0.1) is 5.56 Å². The SMILES string of the molecule is C[C@H](CN1CCCC1)CN(C)C(=O)NCc1ccc(C(F)(F)F)cc1F. The van der Waals surface area contributed by atoms with Crippen molar-refractivity contribution in [1.29, 1.82) is 0 Å². The predicted molar refractivity (Wildman–Crippen MR) is 91.1 cm³/mol. The van der Waals surface area contributed by atoms with Gasteiger partial charge in [0.25, 0.3) is 0 Å². The summed E-state index contributed by atoms with van der Waals surface area (Å²) in [6, 6.07) is 1.93. The molecular weight excluding hydrogens is 350 g/mol. The Kier molecular flexibility index (Phi) is 6.86. The molecule has 1 aliphatic rings. The molecule has 1 N–H and O–H groups in total. The first-order chi connectivity index (χ1) is 12.2. The van der Waals surface area contributed by atoms with Crippen molar-refractivity contribution >= 4 is 6.03 Å². The second-order valence-corrected chi connectivity index (χ2v) is 6.96. The van der Waals surface area contributed by atoms with E-state index < -0.39 is 17.6 Å². The Morgan fingerprint density at radius 2 is 1.96 bits per heavy atom. The van der Waals surface area contributed by atoms with Gasteiger partial charge in [0, 0.05) is 32.2 Å². The molecule has 2 rings (SSSR count). The summed E-state index contributed by atoms with van der Waals surface area (Å²) < 4.78 is 51.4. The van der Waals surface area contributed by atoms with E-state index in [1.54, 1.807) is 7.05 Å². The van der Waals surface area contributed by atoms with Gasteiger partial charge in [-0.15, -0.1) is 0 Å². The van der Waals surface area contributed by atoms with Gasteiger partial charge in [-0.05, 0) is 44.0 Å². The average molecular weight is 375 g/mol. The van der Waals surface area contributed by atoms with Crippen LogP contribution in [0.2, 0.25) is 0 Å². The minimum absolute atomic E-state index is 0.0184. The van der Waals surface area contributed by atoms with Gasteiger partial charge in [0.2, 0.25) is 0 Å². The van der Waals surface area contributed by atoms with Gasteiger partial charge in [-0.25, -0.2) is 9.18 Å². The molecule has 26 heavy (non-hydrogen) atoms. The summed E-state index contributed by atoms with van der Waals surface area (Å²) in [5, 5.41) is 2.55. The Morgan fingerprint density at radius 3 is 2.54 bits per heavy atom. The number of carbonyl (C=O) groups is 1. The molecule has 1 aromatic carbocycles. The van der Waals surface area contributed by atoms with Crippen LogP contribution in [0.25, 0.3) is 0 Å². The summed E-state index contributed by atoms with van der Waals surface area (Å²) in [4.78, 5) is 16.0. The zero-order valence-corrected chi connectivity index (χ0v) is 15.1. The summed E-state index contributed by atoms with van der Waals surface area (Å²) in [5.41, 5.74) is -1.03. The van der Waals surface area contributed by atoms with Crippen LogP contribution in [0.4, 0.5) is 22.4 Å². The van der Waals surface area contributed by atoms with E-state index in [1.165, 1.54) is 17.7 Å². The molecule has 0 unspecified atom stereocenters. The molecule has 0 aromatic heterocycles. The lowest BCUT2D eigenvalue weighted by Gasteiger charge is -2.25. The molecule has 1 atom stereocenters. The minimum Gasteiger partial charge on any atom is -0.334 e. The number of nitrogens with zero attached hydrogens (tertiary/aromatic N) is 2. The molecule has 0 aliphatic carbocycles. The number of rotatable bonds is 6. The first-order valence-electron chi connectivity index (χ1n) is 8.73. The van der Waals surface area contributed by atoms with Crippen molar-refractivity contribution in [2.45, 2.75) is 32.5 Å². The normalized spacial score (nSPS) is 16.5. The fraction of sp³-hybridized carbons (Fsp3) is 0.611. The number of nitrogens with one attached hydrogen (secondary N) is 1. The van der Waals surface area contributed by atoms with Crippen LogP contribution < -0.4 is 5.32 Å². The molecule has 0 radical (unpaired) electrons.